The molecule has 0 radical (unpaired) electrons. The lowest BCUT2D eigenvalue weighted by molar-refractivity contribution is 0.102. The van der Waals surface area contributed by atoms with Crippen molar-refractivity contribution >= 4 is 28.0 Å². The highest BCUT2D eigenvalue weighted by Crippen LogP contribution is 2.15. The molecule has 0 spiro atoms. The molecule has 0 aliphatic carbocycles. The number of nitrogens with one attached hydrogen (secondary N) is 2. The molecule has 7 nitrogen and oxygen atoms in total. The number of amides is 1. The van der Waals surface area contributed by atoms with Gasteiger partial charge in [-0.1, -0.05) is 13.8 Å². The Balaban J connectivity index is 1.89. The van der Waals surface area contributed by atoms with Gasteiger partial charge < -0.3 is 5.32 Å². The number of H-pyrrole nitrogens is 1. The van der Waals surface area contributed by atoms with Crippen LogP contribution in [0.5, 0.6) is 0 Å². The van der Waals surface area contributed by atoms with Gasteiger partial charge in [0, 0.05) is 29.5 Å². The second-order valence-electron chi connectivity index (χ2n) is 4.85. The van der Waals surface area contributed by atoms with E-state index in [1.165, 1.54) is 21.9 Å². The first-order valence-electron chi connectivity index (χ1n) is 6.38. The molecule has 21 heavy (non-hydrogen) atoms. The Bertz CT molecular complexity index is 861. The Morgan fingerprint density at radius 2 is 2.29 bits per heavy atom. The van der Waals surface area contributed by atoms with Crippen molar-refractivity contribution in [1.29, 1.82) is 0 Å². The molecule has 8 heteroatoms. The predicted octanol–water partition coefficient (Wildman–Crippen LogP) is 1.85. The monoisotopic (exact) mass is 303 g/mol. The summed E-state index contributed by atoms with van der Waals surface area (Å²) < 4.78 is 1.35. The molecule has 108 valence electrons. The van der Waals surface area contributed by atoms with Crippen molar-refractivity contribution < 1.29 is 4.79 Å². The number of aromatic amines is 1. The minimum Gasteiger partial charge on any atom is -0.305 e. The quantitative estimate of drug-likeness (QED) is 0.772. The third kappa shape index (κ3) is 2.45. The van der Waals surface area contributed by atoms with Crippen LogP contribution in [0.25, 0.3) is 4.96 Å². The summed E-state index contributed by atoms with van der Waals surface area (Å²) in [6.07, 6.45) is 2.89. The van der Waals surface area contributed by atoms with Crippen LogP contribution < -0.4 is 10.9 Å². The Morgan fingerprint density at radius 1 is 1.48 bits per heavy atom. The summed E-state index contributed by atoms with van der Waals surface area (Å²) >= 11 is 1.34. The number of carbonyl (C=O) groups is 1. The Hall–Kier alpha value is -2.48. The summed E-state index contributed by atoms with van der Waals surface area (Å²) in [6, 6.07) is 1.75. The lowest BCUT2D eigenvalue weighted by atomic mass is 10.1. The smallest absolute Gasteiger partial charge is 0.271 e. The van der Waals surface area contributed by atoms with Crippen molar-refractivity contribution in [1.82, 2.24) is 19.6 Å². The van der Waals surface area contributed by atoms with Crippen LogP contribution in [0.4, 0.5) is 5.82 Å². The first-order chi connectivity index (χ1) is 10.1. The molecule has 1 amide bonds. The molecule has 3 heterocycles. The molecule has 0 aromatic carbocycles. The van der Waals surface area contributed by atoms with E-state index in [1.54, 1.807) is 17.6 Å². The van der Waals surface area contributed by atoms with Crippen LogP contribution in [0.1, 0.15) is 35.8 Å². The predicted molar refractivity (Wildman–Crippen MR) is 80.0 cm³/mol. The highest BCUT2D eigenvalue weighted by molar-refractivity contribution is 7.15. The van der Waals surface area contributed by atoms with Gasteiger partial charge in [0.25, 0.3) is 11.5 Å². The number of aromatic nitrogens is 4. The maximum atomic E-state index is 12.2. The van der Waals surface area contributed by atoms with Crippen molar-refractivity contribution in [2.24, 2.45) is 0 Å². The average Bonchev–Trinajstić information content (AvgIpc) is 3.07. The molecule has 3 aromatic heterocycles. The van der Waals surface area contributed by atoms with Crippen LogP contribution in [0, 0.1) is 0 Å². The summed E-state index contributed by atoms with van der Waals surface area (Å²) in [6.45, 7) is 4.03. The van der Waals surface area contributed by atoms with Gasteiger partial charge in [-0.15, -0.1) is 11.3 Å². The van der Waals surface area contributed by atoms with Crippen molar-refractivity contribution in [3.05, 3.63) is 45.5 Å². The van der Waals surface area contributed by atoms with E-state index in [0.717, 1.165) is 5.69 Å². The number of thiazole rings is 1. The van der Waals surface area contributed by atoms with E-state index in [1.807, 2.05) is 13.8 Å². The molecular weight excluding hydrogens is 290 g/mol. The third-order valence-corrected chi connectivity index (χ3v) is 3.82. The number of nitrogens with zero attached hydrogens (tertiary/aromatic N) is 3. The Kier molecular flexibility index (Phi) is 3.30. The lowest BCUT2D eigenvalue weighted by Gasteiger charge is -2.01. The zero-order chi connectivity index (χ0) is 15.0. The first kappa shape index (κ1) is 13.5. The van der Waals surface area contributed by atoms with E-state index in [4.69, 9.17) is 0 Å². The second kappa shape index (κ2) is 5.13. The summed E-state index contributed by atoms with van der Waals surface area (Å²) in [7, 11) is 0. The van der Waals surface area contributed by atoms with Crippen molar-refractivity contribution in [3.8, 4) is 0 Å². The van der Waals surface area contributed by atoms with Gasteiger partial charge in [0.15, 0.2) is 10.8 Å². The third-order valence-electron chi connectivity index (χ3n) is 3.05. The molecule has 0 unspecified atom stereocenters. The van der Waals surface area contributed by atoms with E-state index >= 15 is 0 Å². The van der Waals surface area contributed by atoms with Gasteiger partial charge in [-0.05, 0) is 5.92 Å². The number of fused-ring (bicyclic) bond motifs is 1. The van der Waals surface area contributed by atoms with E-state index in [2.05, 4.69) is 20.5 Å². The molecular formula is C13H13N5O2S. The van der Waals surface area contributed by atoms with Crippen LogP contribution in [0.2, 0.25) is 0 Å². The fourth-order valence-corrected chi connectivity index (χ4v) is 2.54. The van der Waals surface area contributed by atoms with Crippen LogP contribution in [0.15, 0.2) is 28.6 Å². The van der Waals surface area contributed by atoms with Crippen LogP contribution >= 0.6 is 11.3 Å². The lowest BCUT2D eigenvalue weighted by Crippen LogP contribution is -2.25. The second-order valence-corrected chi connectivity index (χ2v) is 5.72. The molecule has 0 atom stereocenters. The van der Waals surface area contributed by atoms with E-state index in [9.17, 15) is 9.59 Å². The number of hydrogen-bond acceptors (Lipinski definition) is 5. The summed E-state index contributed by atoms with van der Waals surface area (Å²) in [5.41, 5.74) is 0.506. The first-order valence-corrected chi connectivity index (χ1v) is 7.25. The molecule has 0 saturated heterocycles. The van der Waals surface area contributed by atoms with Crippen molar-refractivity contribution in [2.45, 2.75) is 19.8 Å². The minimum absolute atomic E-state index is 0.0139. The normalized spacial score (nSPS) is 11.2. The summed E-state index contributed by atoms with van der Waals surface area (Å²) in [5.74, 6) is 0.144. The molecule has 3 aromatic rings. The van der Waals surface area contributed by atoms with Gasteiger partial charge in [0.2, 0.25) is 0 Å². The maximum absolute atomic E-state index is 12.2. The topological polar surface area (TPSA) is 92.2 Å². The van der Waals surface area contributed by atoms with Gasteiger partial charge >= 0.3 is 0 Å². The van der Waals surface area contributed by atoms with Crippen molar-refractivity contribution in [2.75, 3.05) is 5.32 Å². The Labute approximate surface area is 123 Å². The molecule has 0 aliphatic heterocycles. The fourth-order valence-electron chi connectivity index (χ4n) is 1.86. The molecule has 0 saturated carbocycles. The van der Waals surface area contributed by atoms with Gasteiger partial charge in [0.05, 0.1) is 0 Å². The van der Waals surface area contributed by atoms with Crippen LogP contribution in [-0.4, -0.2) is 25.5 Å². The maximum Gasteiger partial charge on any atom is 0.271 e. The standard InChI is InChI=1S/C13H13N5O2S/c1-7(2)9-5-10(17-16-9)15-11(19)8-6-14-13-18(12(8)20)3-4-21-13/h3-7H,1-2H3,(H2,15,16,17,19). The number of hydrogen-bond donors (Lipinski definition) is 2. The number of carbonyl (C=O) groups excluding carboxylic acids is 1. The number of rotatable bonds is 3. The molecule has 0 aliphatic rings. The van der Waals surface area contributed by atoms with Crippen molar-refractivity contribution in [3.63, 3.8) is 0 Å². The molecule has 0 bridgehead atoms. The van der Waals surface area contributed by atoms with Gasteiger partial charge in [-0.25, -0.2) is 4.98 Å². The highest BCUT2D eigenvalue weighted by atomic mass is 32.1. The van der Waals surface area contributed by atoms with E-state index in [0.29, 0.717) is 10.8 Å². The zero-order valence-corrected chi connectivity index (χ0v) is 12.3. The minimum atomic E-state index is -0.519. The van der Waals surface area contributed by atoms with Crippen LogP contribution in [0.3, 0.4) is 0 Å². The largest absolute Gasteiger partial charge is 0.305 e. The van der Waals surface area contributed by atoms with Gasteiger partial charge in [-0.3, -0.25) is 19.1 Å². The van der Waals surface area contributed by atoms with Crippen LogP contribution in [-0.2, 0) is 0 Å². The SMILES string of the molecule is CC(C)c1cc(NC(=O)c2cnc3sccn3c2=O)n[nH]1. The summed E-state index contributed by atoms with van der Waals surface area (Å²) in [5, 5.41) is 11.2. The summed E-state index contributed by atoms with van der Waals surface area (Å²) in [4.78, 5) is 29.0. The van der Waals surface area contributed by atoms with E-state index in [-0.39, 0.29) is 11.5 Å². The number of anilines is 1. The van der Waals surface area contributed by atoms with Gasteiger partial charge in [0.1, 0.15) is 5.56 Å². The molecule has 0 fully saturated rings. The molecule has 2 N–H and O–H groups in total. The molecule has 3 rings (SSSR count). The zero-order valence-electron chi connectivity index (χ0n) is 11.5. The average molecular weight is 303 g/mol. The highest BCUT2D eigenvalue weighted by Gasteiger charge is 2.15. The Morgan fingerprint density at radius 3 is 3.00 bits per heavy atom. The fraction of sp³-hybridized carbons (Fsp3) is 0.231. The van der Waals surface area contributed by atoms with E-state index < -0.39 is 11.5 Å². The van der Waals surface area contributed by atoms with Gasteiger partial charge in [-0.2, -0.15) is 5.10 Å².